The first-order valence-corrected chi connectivity index (χ1v) is 10.00. The van der Waals surface area contributed by atoms with E-state index >= 15 is 0 Å². The summed E-state index contributed by atoms with van der Waals surface area (Å²) in [7, 11) is 0. The summed E-state index contributed by atoms with van der Waals surface area (Å²) >= 11 is 0. The molecule has 0 bridgehead atoms. The molecular formula is C22H27N5O2. The zero-order valence-corrected chi connectivity index (χ0v) is 16.8. The van der Waals surface area contributed by atoms with Crippen molar-refractivity contribution in [2.24, 2.45) is 0 Å². The molecule has 0 radical (unpaired) electrons. The molecule has 1 aliphatic heterocycles. The summed E-state index contributed by atoms with van der Waals surface area (Å²) in [5.41, 5.74) is 2.82. The number of aliphatic hydroxyl groups is 1. The Labute approximate surface area is 170 Å². The second kappa shape index (κ2) is 8.13. The van der Waals surface area contributed by atoms with Crippen LogP contribution in [0.15, 0.2) is 42.6 Å². The van der Waals surface area contributed by atoms with Crippen molar-refractivity contribution in [3.05, 3.63) is 48.2 Å². The zero-order valence-electron chi connectivity index (χ0n) is 16.8. The van der Waals surface area contributed by atoms with Gasteiger partial charge in [0.15, 0.2) is 5.82 Å². The maximum Gasteiger partial charge on any atom is 0.152 e. The van der Waals surface area contributed by atoms with Gasteiger partial charge in [-0.15, -0.1) is 0 Å². The van der Waals surface area contributed by atoms with E-state index in [9.17, 15) is 9.90 Å². The van der Waals surface area contributed by atoms with Crippen molar-refractivity contribution >= 4 is 34.5 Å². The number of carbonyl (C=O) groups excluding carboxylic acids is 1. The van der Waals surface area contributed by atoms with Crippen LogP contribution in [0.1, 0.15) is 19.4 Å². The quantitative estimate of drug-likeness (QED) is 0.559. The monoisotopic (exact) mass is 393 g/mol. The number of anilines is 3. The topological polar surface area (TPSA) is 84.5 Å². The fourth-order valence-electron chi connectivity index (χ4n) is 3.90. The van der Waals surface area contributed by atoms with E-state index in [1.54, 1.807) is 6.20 Å². The number of aromatic amines is 1. The lowest BCUT2D eigenvalue weighted by atomic mass is 10.1. The summed E-state index contributed by atoms with van der Waals surface area (Å²) in [6, 6.07) is 11.9. The van der Waals surface area contributed by atoms with E-state index in [0.29, 0.717) is 19.1 Å². The molecule has 4 rings (SSSR count). The summed E-state index contributed by atoms with van der Waals surface area (Å²) < 4.78 is 0. The van der Waals surface area contributed by atoms with Crippen LogP contribution in [-0.4, -0.2) is 53.1 Å². The van der Waals surface area contributed by atoms with Crippen LogP contribution in [0.4, 0.5) is 17.3 Å². The molecule has 2 aromatic heterocycles. The first-order chi connectivity index (χ1) is 14.1. The number of piperazine rings is 1. The Kier molecular flexibility index (Phi) is 5.40. The molecule has 7 heteroatoms. The predicted octanol–water partition coefficient (Wildman–Crippen LogP) is 2.77. The summed E-state index contributed by atoms with van der Waals surface area (Å²) in [6.45, 7) is 6.26. The van der Waals surface area contributed by atoms with Crippen LogP contribution in [0.5, 0.6) is 0 Å². The van der Waals surface area contributed by atoms with Gasteiger partial charge in [0.1, 0.15) is 18.1 Å². The number of benzene rings is 1. The highest BCUT2D eigenvalue weighted by Crippen LogP contribution is 2.29. The zero-order chi connectivity index (χ0) is 20.4. The van der Waals surface area contributed by atoms with Crippen molar-refractivity contribution in [3.8, 4) is 0 Å². The van der Waals surface area contributed by atoms with Gasteiger partial charge in [-0.3, -0.25) is 0 Å². The van der Waals surface area contributed by atoms with Gasteiger partial charge in [0.2, 0.25) is 0 Å². The van der Waals surface area contributed by atoms with Gasteiger partial charge in [-0.1, -0.05) is 12.1 Å². The predicted molar refractivity (Wildman–Crippen MR) is 117 cm³/mol. The third-order valence-electron chi connectivity index (χ3n) is 5.27. The fourth-order valence-corrected chi connectivity index (χ4v) is 3.90. The molecule has 0 aliphatic carbocycles. The van der Waals surface area contributed by atoms with E-state index in [1.807, 2.05) is 30.3 Å². The number of H-pyrrole nitrogens is 1. The lowest BCUT2D eigenvalue weighted by molar-refractivity contribution is -0.109. The highest BCUT2D eigenvalue weighted by atomic mass is 16.3. The van der Waals surface area contributed by atoms with E-state index in [-0.39, 0.29) is 12.6 Å². The van der Waals surface area contributed by atoms with Crippen LogP contribution >= 0.6 is 0 Å². The Hall–Kier alpha value is -3.06. The molecule has 1 unspecified atom stereocenters. The van der Waals surface area contributed by atoms with Crippen LogP contribution in [0, 0.1) is 0 Å². The number of fused-ring (bicyclic) bond motifs is 1. The van der Waals surface area contributed by atoms with Crippen LogP contribution in [0.3, 0.4) is 0 Å². The maximum absolute atomic E-state index is 11.9. The third-order valence-corrected chi connectivity index (χ3v) is 5.27. The summed E-state index contributed by atoms with van der Waals surface area (Å²) in [4.78, 5) is 24.2. The van der Waals surface area contributed by atoms with Crippen LogP contribution in [0.2, 0.25) is 0 Å². The molecule has 7 nitrogen and oxygen atoms in total. The number of aldehydes is 1. The minimum absolute atomic E-state index is 0.0107. The van der Waals surface area contributed by atoms with Crippen LogP contribution in [0.25, 0.3) is 10.9 Å². The van der Waals surface area contributed by atoms with E-state index in [0.717, 1.165) is 46.6 Å². The van der Waals surface area contributed by atoms with Crippen molar-refractivity contribution in [2.45, 2.75) is 32.5 Å². The Bertz CT molecular complexity index is 1000. The molecule has 1 aliphatic rings. The fraction of sp³-hybridized carbons (Fsp3) is 0.364. The minimum Gasteiger partial charge on any atom is -0.392 e. The first kappa shape index (κ1) is 19.3. The molecule has 1 saturated heterocycles. The van der Waals surface area contributed by atoms with Gasteiger partial charge in [0.25, 0.3) is 0 Å². The van der Waals surface area contributed by atoms with Gasteiger partial charge < -0.3 is 30.0 Å². The van der Waals surface area contributed by atoms with Crippen molar-refractivity contribution in [1.29, 1.82) is 0 Å². The van der Waals surface area contributed by atoms with Crippen molar-refractivity contribution in [3.63, 3.8) is 0 Å². The summed E-state index contributed by atoms with van der Waals surface area (Å²) in [5, 5.41) is 13.9. The Balaban J connectivity index is 1.57. The highest BCUT2D eigenvalue weighted by molar-refractivity contribution is 5.85. The smallest absolute Gasteiger partial charge is 0.152 e. The van der Waals surface area contributed by atoms with Crippen LogP contribution in [-0.2, 0) is 11.4 Å². The molecule has 1 atom stereocenters. The molecule has 3 aromatic rings. The summed E-state index contributed by atoms with van der Waals surface area (Å²) in [6.07, 6.45) is 2.80. The number of aromatic nitrogens is 2. The number of pyridine rings is 1. The maximum atomic E-state index is 11.9. The molecular weight excluding hydrogens is 366 g/mol. The molecule has 1 fully saturated rings. The number of nitrogens with one attached hydrogen (secondary N) is 2. The molecule has 152 valence electrons. The second-order valence-electron chi connectivity index (χ2n) is 7.75. The van der Waals surface area contributed by atoms with Gasteiger partial charge in [-0.2, -0.15) is 0 Å². The Morgan fingerprint density at radius 3 is 2.93 bits per heavy atom. The minimum atomic E-state index is -0.275. The van der Waals surface area contributed by atoms with Gasteiger partial charge in [-0.05, 0) is 43.7 Å². The number of nitrogens with zero attached hydrogens (tertiary/aromatic N) is 3. The normalized spacial score (nSPS) is 17.2. The van der Waals surface area contributed by atoms with Crippen molar-refractivity contribution in [1.82, 2.24) is 9.97 Å². The van der Waals surface area contributed by atoms with E-state index in [4.69, 9.17) is 0 Å². The number of aliphatic hydroxyl groups excluding tert-OH is 1. The third kappa shape index (κ3) is 3.91. The molecule has 1 aromatic carbocycles. The van der Waals surface area contributed by atoms with Crippen LogP contribution < -0.4 is 15.1 Å². The number of hydrogen-bond donors (Lipinski definition) is 3. The average molecular weight is 393 g/mol. The largest absolute Gasteiger partial charge is 0.392 e. The standard InChI is InChI=1S/C22H27N5O2/c1-15(2)24-19-4-3-7-23-22(19)26-8-9-27(18(12-26)14-29)21-11-17-6-5-16(13-28)10-20(17)25-21/h3-7,10-11,14-15,18,24-25,28H,8-9,12-13H2,1-2H3. The first-order valence-electron chi connectivity index (χ1n) is 10.00. The average Bonchev–Trinajstić information content (AvgIpc) is 3.16. The SMILES string of the molecule is CC(C)Nc1cccnc1N1CCN(c2cc3ccc(CO)cc3[nH]2)C(C=O)C1. The number of rotatable bonds is 6. The summed E-state index contributed by atoms with van der Waals surface area (Å²) in [5.74, 6) is 1.81. The molecule has 29 heavy (non-hydrogen) atoms. The van der Waals surface area contributed by atoms with Crippen molar-refractivity contribution in [2.75, 3.05) is 34.8 Å². The number of carbonyl (C=O) groups is 1. The van der Waals surface area contributed by atoms with E-state index < -0.39 is 0 Å². The van der Waals surface area contributed by atoms with Gasteiger partial charge in [0.05, 0.1) is 12.3 Å². The van der Waals surface area contributed by atoms with Gasteiger partial charge in [0, 0.05) is 42.8 Å². The molecule has 0 spiro atoms. The molecule has 0 amide bonds. The molecule has 3 N–H and O–H groups in total. The van der Waals surface area contributed by atoms with Gasteiger partial charge >= 0.3 is 0 Å². The van der Waals surface area contributed by atoms with E-state index in [1.165, 1.54) is 0 Å². The van der Waals surface area contributed by atoms with Crippen molar-refractivity contribution < 1.29 is 9.90 Å². The Morgan fingerprint density at radius 2 is 2.17 bits per heavy atom. The Morgan fingerprint density at radius 1 is 1.31 bits per heavy atom. The highest BCUT2D eigenvalue weighted by Gasteiger charge is 2.29. The lowest BCUT2D eigenvalue weighted by Crippen LogP contribution is -2.54. The molecule has 0 saturated carbocycles. The second-order valence-corrected chi connectivity index (χ2v) is 7.75. The van der Waals surface area contributed by atoms with Gasteiger partial charge in [-0.25, -0.2) is 4.98 Å². The lowest BCUT2D eigenvalue weighted by Gasteiger charge is -2.40. The van der Waals surface area contributed by atoms with E-state index in [2.05, 4.69) is 45.0 Å². The molecule has 3 heterocycles. The number of hydrogen-bond acceptors (Lipinski definition) is 6.